The summed E-state index contributed by atoms with van der Waals surface area (Å²) in [5.41, 5.74) is 0. The first-order valence-corrected chi connectivity index (χ1v) is 3.70. The lowest BCUT2D eigenvalue weighted by molar-refractivity contribution is -0.184. The maximum absolute atomic E-state index is 11.9. The van der Waals surface area contributed by atoms with Gasteiger partial charge in [-0.15, -0.1) is 0 Å². The zero-order valence-corrected chi connectivity index (χ0v) is 5.72. The molecule has 1 heterocycles. The highest BCUT2D eigenvalue weighted by Gasteiger charge is 2.78. The van der Waals surface area contributed by atoms with E-state index in [9.17, 15) is 21.6 Å². The van der Waals surface area contributed by atoms with Gasteiger partial charge >= 0.3 is 20.7 Å². The maximum atomic E-state index is 11.9. The summed E-state index contributed by atoms with van der Waals surface area (Å²) in [6.45, 7) is 0. The second kappa shape index (κ2) is 1.59. The summed E-state index contributed by atoms with van der Waals surface area (Å²) in [5, 5.41) is -8.53. The van der Waals surface area contributed by atoms with Gasteiger partial charge in [0.15, 0.2) is 0 Å². The van der Waals surface area contributed by atoms with Gasteiger partial charge in [0, 0.05) is 0 Å². The second-order valence-corrected chi connectivity index (χ2v) is 3.64. The Morgan fingerprint density at radius 2 is 1.70 bits per heavy atom. The number of rotatable bonds is 0. The third kappa shape index (κ3) is 0.678. The SMILES string of the molecule is O=S1(=O)OC(F)(Cl)C1(F)F. The van der Waals surface area contributed by atoms with Gasteiger partial charge in [-0.05, 0) is 11.6 Å². The number of hydrogen-bond acceptors (Lipinski definition) is 3. The third-order valence-electron chi connectivity index (χ3n) is 0.867. The number of halogens is 4. The summed E-state index contributed by atoms with van der Waals surface area (Å²) in [6, 6.07) is 0. The molecule has 0 aromatic rings. The van der Waals surface area contributed by atoms with Gasteiger partial charge in [-0.3, -0.25) is 0 Å². The average molecular weight is 197 g/mol. The topological polar surface area (TPSA) is 43.4 Å². The molecule has 1 atom stereocenters. The molecule has 1 rings (SSSR count). The minimum Gasteiger partial charge on any atom is -0.203 e. The van der Waals surface area contributed by atoms with Crippen LogP contribution >= 0.6 is 11.6 Å². The zero-order chi connectivity index (χ0) is 8.21. The van der Waals surface area contributed by atoms with Crippen molar-refractivity contribution < 1.29 is 25.8 Å². The largest absolute Gasteiger partial charge is 0.443 e. The van der Waals surface area contributed by atoms with Crippen molar-refractivity contribution in [2.45, 2.75) is 10.6 Å². The van der Waals surface area contributed by atoms with Gasteiger partial charge in [-0.1, -0.05) is 0 Å². The molecule has 1 saturated heterocycles. The zero-order valence-electron chi connectivity index (χ0n) is 4.14. The molecule has 0 spiro atoms. The molecule has 1 aliphatic rings. The summed E-state index contributed by atoms with van der Waals surface area (Å²) in [6.07, 6.45) is 0. The van der Waals surface area contributed by atoms with Gasteiger partial charge in [-0.25, -0.2) is 4.18 Å². The first-order valence-electron chi connectivity index (χ1n) is 1.91. The van der Waals surface area contributed by atoms with E-state index in [1.165, 1.54) is 0 Å². The molecular formula is C2ClF3O3S. The van der Waals surface area contributed by atoms with Gasteiger partial charge in [0.2, 0.25) is 0 Å². The van der Waals surface area contributed by atoms with Crippen LogP contribution in [0.25, 0.3) is 0 Å². The van der Waals surface area contributed by atoms with Crippen molar-refractivity contribution in [1.29, 1.82) is 0 Å². The molecule has 0 radical (unpaired) electrons. The Balaban J connectivity index is 3.08. The van der Waals surface area contributed by atoms with E-state index in [4.69, 9.17) is 0 Å². The molecule has 0 amide bonds. The molecule has 0 aromatic heterocycles. The predicted molar refractivity (Wildman–Crippen MR) is 24.6 cm³/mol. The van der Waals surface area contributed by atoms with Gasteiger partial charge in [-0.2, -0.15) is 21.6 Å². The lowest BCUT2D eigenvalue weighted by Gasteiger charge is -2.34. The average Bonchev–Trinajstić information content (AvgIpc) is 1.61. The molecule has 10 heavy (non-hydrogen) atoms. The van der Waals surface area contributed by atoms with E-state index < -0.39 is 20.7 Å². The predicted octanol–water partition coefficient (Wildman–Crippen LogP) is 0.801. The van der Waals surface area contributed by atoms with Gasteiger partial charge in [0.1, 0.15) is 0 Å². The van der Waals surface area contributed by atoms with E-state index in [-0.39, 0.29) is 0 Å². The normalized spacial score (nSPS) is 42.4. The third-order valence-corrected chi connectivity index (χ3v) is 2.72. The van der Waals surface area contributed by atoms with Crippen molar-refractivity contribution in [1.82, 2.24) is 0 Å². The highest BCUT2D eigenvalue weighted by Crippen LogP contribution is 2.52. The van der Waals surface area contributed by atoms with Gasteiger partial charge in [0.25, 0.3) is 0 Å². The molecule has 0 aliphatic carbocycles. The molecule has 0 N–H and O–H groups in total. The molecule has 60 valence electrons. The Labute approximate surface area is 58.8 Å². The minimum atomic E-state index is -5.11. The van der Waals surface area contributed by atoms with Crippen LogP contribution in [0.3, 0.4) is 0 Å². The van der Waals surface area contributed by atoms with E-state index in [0.717, 1.165) is 0 Å². The van der Waals surface area contributed by atoms with Crippen molar-refractivity contribution in [2.24, 2.45) is 0 Å². The lowest BCUT2D eigenvalue weighted by atomic mass is 10.7. The standard InChI is InChI=1S/C2ClF3O3S/c3-1(4)2(5,6)10(7,8)9-1. The van der Waals surface area contributed by atoms with Gasteiger partial charge < -0.3 is 0 Å². The molecule has 3 nitrogen and oxygen atoms in total. The monoisotopic (exact) mass is 196 g/mol. The second-order valence-electron chi connectivity index (χ2n) is 1.57. The maximum Gasteiger partial charge on any atom is 0.443 e. The quantitative estimate of drug-likeness (QED) is 0.425. The molecule has 1 unspecified atom stereocenters. The Hall–Kier alpha value is -0.0100. The Kier molecular flexibility index (Phi) is 1.29. The molecule has 1 fully saturated rings. The summed E-state index contributed by atoms with van der Waals surface area (Å²) < 4.78 is 58.4. The minimum absolute atomic E-state index is 3.05. The molecule has 0 bridgehead atoms. The first-order chi connectivity index (χ1) is 4.21. The van der Waals surface area contributed by atoms with Crippen LogP contribution in [-0.2, 0) is 14.3 Å². The van der Waals surface area contributed by atoms with Crippen LogP contribution in [-0.4, -0.2) is 19.0 Å². The van der Waals surface area contributed by atoms with E-state index in [1.54, 1.807) is 0 Å². The van der Waals surface area contributed by atoms with Crippen molar-refractivity contribution in [3.05, 3.63) is 0 Å². The fraction of sp³-hybridized carbons (Fsp3) is 1.00. The van der Waals surface area contributed by atoms with Crippen LogP contribution in [0.1, 0.15) is 0 Å². The molecule has 1 aliphatic heterocycles. The van der Waals surface area contributed by atoms with E-state index in [1.807, 2.05) is 0 Å². The van der Waals surface area contributed by atoms with Crippen LogP contribution in [0.5, 0.6) is 0 Å². The summed E-state index contributed by atoms with van der Waals surface area (Å²) in [5.74, 6) is 0. The first kappa shape index (κ1) is 8.09. The Morgan fingerprint density at radius 3 is 1.70 bits per heavy atom. The van der Waals surface area contributed by atoms with Crippen molar-refractivity contribution in [2.75, 3.05) is 0 Å². The van der Waals surface area contributed by atoms with Crippen molar-refractivity contribution in [3.63, 3.8) is 0 Å². The summed E-state index contributed by atoms with van der Waals surface area (Å²) in [7, 11) is -5.11. The van der Waals surface area contributed by atoms with E-state index >= 15 is 0 Å². The van der Waals surface area contributed by atoms with Crippen LogP contribution in [0, 0.1) is 0 Å². The fourth-order valence-electron chi connectivity index (χ4n) is 0.350. The van der Waals surface area contributed by atoms with Crippen LogP contribution in [0.15, 0.2) is 0 Å². The molecule has 8 heteroatoms. The molecular weight excluding hydrogens is 197 g/mol. The van der Waals surface area contributed by atoms with Crippen LogP contribution in [0.4, 0.5) is 13.2 Å². The smallest absolute Gasteiger partial charge is 0.203 e. The fourth-order valence-corrected chi connectivity index (χ4v) is 1.58. The van der Waals surface area contributed by atoms with Crippen molar-refractivity contribution >= 4 is 21.7 Å². The van der Waals surface area contributed by atoms with Gasteiger partial charge in [0.05, 0.1) is 0 Å². The lowest BCUT2D eigenvalue weighted by Crippen LogP contribution is -2.60. The molecule has 0 saturated carbocycles. The summed E-state index contributed by atoms with van der Waals surface area (Å²) >= 11 is 4.26. The summed E-state index contributed by atoms with van der Waals surface area (Å²) in [4.78, 5) is 0. The number of hydrogen-bond donors (Lipinski definition) is 0. The highest BCUT2D eigenvalue weighted by molar-refractivity contribution is 7.89. The van der Waals surface area contributed by atoms with Crippen LogP contribution in [0.2, 0.25) is 0 Å². The highest BCUT2D eigenvalue weighted by atomic mass is 35.5. The van der Waals surface area contributed by atoms with Crippen LogP contribution < -0.4 is 0 Å². The van der Waals surface area contributed by atoms with Crippen molar-refractivity contribution in [3.8, 4) is 0 Å². The Morgan fingerprint density at radius 1 is 1.30 bits per heavy atom. The van der Waals surface area contributed by atoms with E-state index in [0.29, 0.717) is 0 Å². The molecule has 0 aromatic carbocycles. The van der Waals surface area contributed by atoms with E-state index in [2.05, 4.69) is 15.8 Å². The number of alkyl halides is 4. The Bertz CT molecular complexity index is 257.